The van der Waals surface area contributed by atoms with Crippen LogP contribution in [-0.2, 0) is 6.61 Å². The minimum absolute atomic E-state index is 0.0777. The second kappa shape index (κ2) is 9.24. The van der Waals surface area contributed by atoms with E-state index in [-0.39, 0.29) is 5.78 Å². The maximum absolute atomic E-state index is 12.1. The second-order valence-corrected chi connectivity index (χ2v) is 6.62. The predicted molar refractivity (Wildman–Crippen MR) is 108 cm³/mol. The molecule has 0 bridgehead atoms. The number of halogens is 1. The lowest BCUT2D eigenvalue weighted by molar-refractivity contribution is 0.104. The smallest absolute Gasteiger partial charge is 0.185 e. The molecule has 0 aliphatic heterocycles. The molecule has 4 nitrogen and oxygen atoms in total. The van der Waals surface area contributed by atoms with E-state index in [4.69, 9.17) is 13.9 Å². The number of ketones is 1. The highest BCUT2D eigenvalue weighted by atomic mass is 79.9. The van der Waals surface area contributed by atoms with Gasteiger partial charge in [0.1, 0.15) is 29.6 Å². The van der Waals surface area contributed by atoms with E-state index < -0.39 is 0 Å². The highest BCUT2D eigenvalue weighted by Crippen LogP contribution is 2.19. The second-order valence-electron chi connectivity index (χ2n) is 5.70. The lowest BCUT2D eigenvalue weighted by Gasteiger charge is -2.06. The van der Waals surface area contributed by atoms with Crippen LogP contribution >= 0.6 is 15.9 Å². The van der Waals surface area contributed by atoms with Gasteiger partial charge in [-0.25, -0.2) is 0 Å². The van der Waals surface area contributed by atoms with Crippen LogP contribution in [-0.4, -0.2) is 12.4 Å². The number of carbonyl (C=O) groups is 1. The largest absolute Gasteiger partial charge is 0.494 e. The first-order valence-electron chi connectivity index (χ1n) is 8.56. The fourth-order valence-electron chi connectivity index (χ4n) is 2.38. The number of allylic oxidation sites excluding steroid dienone is 1. The van der Waals surface area contributed by atoms with E-state index in [1.165, 1.54) is 6.08 Å². The van der Waals surface area contributed by atoms with Crippen molar-refractivity contribution < 1.29 is 18.7 Å². The summed E-state index contributed by atoms with van der Waals surface area (Å²) < 4.78 is 17.7. The molecule has 1 aromatic heterocycles. The van der Waals surface area contributed by atoms with Gasteiger partial charge < -0.3 is 13.9 Å². The summed E-state index contributed by atoms with van der Waals surface area (Å²) in [6, 6.07) is 18.3. The molecule has 5 heteroatoms. The van der Waals surface area contributed by atoms with Gasteiger partial charge in [-0.15, -0.1) is 0 Å². The van der Waals surface area contributed by atoms with Crippen LogP contribution in [0.2, 0.25) is 0 Å². The first-order valence-corrected chi connectivity index (χ1v) is 9.35. The monoisotopic (exact) mass is 426 g/mol. The van der Waals surface area contributed by atoms with Crippen molar-refractivity contribution in [3.8, 4) is 11.5 Å². The van der Waals surface area contributed by atoms with Crippen molar-refractivity contribution in [1.82, 2.24) is 0 Å². The number of hydrogen-bond acceptors (Lipinski definition) is 4. The van der Waals surface area contributed by atoms with Gasteiger partial charge >= 0.3 is 0 Å². The van der Waals surface area contributed by atoms with E-state index >= 15 is 0 Å². The summed E-state index contributed by atoms with van der Waals surface area (Å²) in [4.78, 5) is 12.1. The van der Waals surface area contributed by atoms with Crippen LogP contribution in [0.15, 0.2) is 75.6 Å². The van der Waals surface area contributed by atoms with Crippen molar-refractivity contribution >= 4 is 27.8 Å². The first-order chi connectivity index (χ1) is 13.1. The quantitative estimate of drug-likeness (QED) is 0.331. The molecule has 2 aromatic carbocycles. The summed E-state index contributed by atoms with van der Waals surface area (Å²) in [6.07, 6.45) is 3.16. The molecule has 0 aliphatic carbocycles. The van der Waals surface area contributed by atoms with Crippen LogP contribution in [0.25, 0.3) is 6.08 Å². The molecule has 1 heterocycles. The van der Waals surface area contributed by atoms with Crippen molar-refractivity contribution in [3.63, 3.8) is 0 Å². The van der Waals surface area contributed by atoms with Crippen LogP contribution in [0.4, 0.5) is 0 Å². The zero-order valence-corrected chi connectivity index (χ0v) is 16.4. The zero-order chi connectivity index (χ0) is 19.1. The summed E-state index contributed by atoms with van der Waals surface area (Å²) in [6.45, 7) is 2.88. The fourth-order valence-corrected chi connectivity index (χ4v) is 2.65. The predicted octanol–water partition coefficient (Wildman–Crippen LogP) is 5.92. The summed E-state index contributed by atoms with van der Waals surface area (Å²) >= 11 is 3.35. The molecule has 0 radical (unpaired) electrons. The Bertz CT molecular complexity index is 908. The van der Waals surface area contributed by atoms with Crippen LogP contribution in [0.3, 0.4) is 0 Å². The molecule has 0 spiro atoms. The lowest BCUT2D eigenvalue weighted by Crippen LogP contribution is -1.94. The van der Waals surface area contributed by atoms with Gasteiger partial charge in [0, 0.05) is 10.0 Å². The Morgan fingerprint density at radius 1 is 0.963 bits per heavy atom. The van der Waals surface area contributed by atoms with E-state index in [2.05, 4.69) is 15.9 Å². The van der Waals surface area contributed by atoms with Crippen molar-refractivity contribution in [1.29, 1.82) is 0 Å². The van der Waals surface area contributed by atoms with Crippen LogP contribution in [0, 0.1) is 0 Å². The van der Waals surface area contributed by atoms with Gasteiger partial charge in [0.15, 0.2) is 5.78 Å². The van der Waals surface area contributed by atoms with Crippen molar-refractivity contribution in [2.45, 2.75) is 13.5 Å². The lowest BCUT2D eigenvalue weighted by atomic mass is 10.1. The summed E-state index contributed by atoms with van der Waals surface area (Å²) in [5, 5.41) is 0. The standard InChI is InChI=1S/C22H19BrO4/c1-2-25-18-7-9-19(10-8-18)26-15-21-12-11-20(27-21)13-14-22(24)16-3-5-17(23)6-4-16/h3-14H,2,15H2,1H3/b14-13+. The van der Waals surface area contributed by atoms with E-state index in [1.54, 1.807) is 18.2 Å². The Kier molecular flexibility index (Phi) is 6.49. The third-order valence-electron chi connectivity index (χ3n) is 3.73. The number of hydrogen-bond donors (Lipinski definition) is 0. The van der Waals surface area contributed by atoms with Gasteiger partial charge in [-0.3, -0.25) is 4.79 Å². The van der Waals surface area contributed by atoms with Crippen molar-refractivity contribution in [2.75, 3.05) is 6.61 Å². The number of benzene rings is 2. The maximum Gasteiger partial charge on any atom is 0.185 e. The number of carbonyl (C=O) groups excluding carboxylic acids is 1. The fraction of sp³-hybridized carbons (Fsp3) is 0.136. The molecule has 0 saturated carbocycles. The molecule has 0 saturated heterocycles. The van der Waals surface area contributed by atoms with Gasteiger partial charge in [-0.05, 0) is 79.7 Å². The molecule has 138 valence electrons. The third kappa shape index (κ3) is 5.59. The highest BCUT2D eigenvalue weighted by molar-refractivity contribution is 9.10. The van der Waals surface area contributed by atoms with Gasteiger partial charge in [0.25, 0.3) is 0 Å². The number of furan rings is 1. The molecule has 0 fully saturated rings. The minimum atomic E-state index is -0.0777. The molecule has 0 atom stereocenters. The molecular weight excluding hydrogens is 408 g/mol. The maximum atomic E-state index is 12.1. The van der Waals surface area contributed by atoms with Crippen LogP contribution in [0.5, 0.6) is 11.5 Å². The van der Waals surface area contributed by atoms with E-state index in [0.717, 1.165) is 16.0 Å². The highest BCUT2D eigenvalue weighted by Gasteiger charge is 2.04. The normalized spacial score (nSPS) is 10.9. The first kappa shape index (κ1) is 19.0. The third-order valence-corrected chi connectivity index (χ3v) is 4.25. The SMILES string of the molecule is CCOc1ccc(OCc2ccc(/C=C/C(=O)c3ccc(Br)cc3)o2)cc1. The molecular formula is C22H19BrO4. The topological polar surface area (TPSA) is 48.7 Å². The average molecular weight is 427 g/mol. The molecule has 3 rings (SSSR count). The summed E-state index contributed by atoms with van der Waals surface area (Å²) in [5.74, 6) is 2.75. The molecule has 0 aliphatic rings. The molecule has 0 N–H and O–H groups in total. The van der Waals surface area contributed by atoms with E-state index in [9.17, 15) is 4.79 Å². The summed E-state index contributed by atoms with van der Waals surface area (Å²) in [7, 11) is 0. The number of ether oxygens (including phenoxy) is 2. The van der Waals surface area contributed by atoms with Crippen LogP contribution in [0.1, 0.15) is 28.8 Å². The van der Waals surface area contributed by atoms with E-state index in [1.807, 2.05) is 55.5 Å². The van der Waals surface area contributed by atoms with Crippen LogP contribution < -0.4 is 9.47 Å². The van der Waals surface area contributed by atoms with Gasteiger partial charge in [0.05, 0.1) is 6.61 Å². The Morgan fingerprint density at radius 3 is 2.30 bits per heavy atom. The van der Waals surface area contributed by atoms with Crippen molar-refractivity contribution in [3.05, 3.63) is 88.3 Å². The van der Waals surface area contributed by atoms with E-state index in [0.29, 0.717) is 30.3 Å². The molecule has 0 unspecified atom stereocenters. The Balaban J connectivity index is 1.54. The Hall–Kier alpha value is -2.79. The van der Waals surface area contributed by atoms with Crippen molar-refractivity contribution in [2.24, 2.45) is 0 Å². The average Bonchev–Trinajstić information content (AvgIpc) is 3.14. The molecule has 27 heavy (non-hydrogen) atoms. The number of rotatable bonds is 8. The minimum Gasteiger partial charge on any atom is -0.494 e. The molecule has 3 aromatic rings. The zero-order valence-electron chi connectivity index (χ0n) is 14.9. The molecule has 0 amide bonds. The van der Waals surface area contributed by atoms with Gasteiger partial charge in [-0.2, -0.15) is 0 Å². The Labute approximate surface area is 166 Å². The van der Waals surface area contributed by atoms with Gasteiger partial charge in [-0.1, -0.05) is 15.9 Å². The summed E-state index contributed by atoms with van der Waals surface area (Å²) in [5.41, 5.74) is 0.625. The van der Waals surface area contributed by atoms with Gasteiger partial charge in [0.2, 0.25) is 0 Å². The Morgan fingerprint density at radius 2 is 1.63 bits per heavy atom.